The molecule has 61 heavy (non-hydrogen) atoms. The Bertz CT molecular complexity index is 2510. The Morgan fingerprint density at radius 3 is 2.39 bits per heavy atom. The van der Waals surface area contributed by atoms with Crippen LogP contribution in [0.2, 0.25) is 5.02 Å². The lowest BCUT2D eigenvalue weighted by molar-refractivity contribution is -0.164. The van der Waals surface area contributed by atoms with E-state index in [9.17, 15) is 24.4 Å². The Morgan fingerprint density at radius 1 is 0.967 bits per heavy atom. The van der Waals surface area contributed by atoms with Gasteiger partial charge in [-0.25, -0.2) is 4.98 Å². The minimum absolute atomic E-state index is 0.156. The van der Waals surface area contributed by atoms with Gasteiger partial charge in [0.1, 0.15) is 35.2 Å². The lowest BCUT2D eigenvalue weighted by atomic mass is 9.49. The molecule has 1 unspecified atom stereocenters. The lowest BCUT2D eigenvalue weighted by Gasteiger charge is -2.63. The molecule has 0 spiro atoms. The molecular formula is C46H50ClN9O5. The van der Waals surface area contributed by atoms with Crippen LogP contribution in [-0.2, 0) is 9.59 Å². The van der Waals surface area contributed by atoms with E-state index < -0.39 is 11.9 Å². The first-order valence-corrected chi connectivity index (χ1v) is 21.4. The van der Waals surface area contributed by atoms with Gasteiger partial charge in [-0.2, -0.15) is 9.94 Å². The van der Waals surface area contributed by atoms with Crippen LogP contribution in [0.3, 0.4) is 0 Å². The second-order valence-electron chi connectivity index (χ2n) is 18.0. The van der Waals surface area contributed by atoms with Crippen LogP contribution in [0.4, 0.5) is 5.69 Å². The average molecular weight is 844 g/mol. The Kier molecular flexibility index (Phi) is 11.6. The Balaban J connectivity index is 0.777. The molecule has 1 saturated carbocycles. The highest BCUT2D eigenvalue weighted by molar-refractivity contribution is 6.31. The number of nitrogens with zero attached hydrogens (tertiary/aromatic N) is 7. The molecule has 2 aromatic heterocycles. The summed E-state index contributed by atoms with van der Waals surface area (Å²) >= 11 is 6.24. The number of pyridine rings is 1. The predicted molar refractivity (Wildman–Crippen MR) is 230 cm³/mol. The van der Waals surface area contributed by atoms with Crippen LogP contribution in [0, 0.1) is 45.8 Å². The molecule has 3 amide bonds. The first-order chi connectivity index (χ1) is 29.2. The number of likely N-dealkylation sites (tertiary alicyclic amines) is 1. The quantitative estimate of drug-likeness (QED) is 0.174. The molecule has 3 saturated heterocycles. The van der Waals surface area contributed by atoms with Gasteiger partial charge >= 0.3 is 0 Å². The summed E-state index contributed by atoms with van der Waals surface area (Å²) in [4.78, 5) is 59.9. The third-order valence-corrected chi connectivity index (χ3v) is 13.4. The number of carbonyl (C=O) groups is 3. The van der Waals surface area contributed by atoms with Gasteiger partial charge in [0.2, 0.25) is 5.91 Å². The summed E-state index contributed by atoms with van der Waals surface area (Å²) < 4.78 is 7.45. The van der Waals surface area contributed by atoms with Gasteiger partial charge in [0, 0.05) is 66.8 Å². The number of amides is 3. The number of benzene rings is 2. The van der Waals surface area contributed by atoms with Crippen LogP contribution in [0.1, 0.15) is 93.9 Å². The number of hydrogen-bond donors (Lipinski definition) is 2. The van der Waals surface area contributed by atoms with E-state index in [0.29, 0.717) is 50.3 Å². The summed E-state index contributed by atoms with van der Waals surface area (Å²) in [6, 6.07) is 15.3. The average Bonchev–Trinajstić information content (AvgIpc) is 3.25. The number of fused-ring (bicyclic) bond motifs is 1. The van der Waals surface area contributed by atoms with E-state index >= 15 is 0 Å². The first-order valence-electron chi connectivity index (χ1n) is 21.1. The number of hydrogen-bond acceptors (Lipinski definition) is 11. The fourth-order valence-electron chi connectivity index (χ4n) is 9.95. The number of nitrogens with one attached hydrogen (secondary N) is 2. The summed E-state index contributed by atoms with van der Waals surface area (Å²) in [6.07, 6.45) is 5.93. The minimum atomic E-state index is -0.843. The van der Waals surface area contributed by atoms with Gasteiger partial charge in [-0.15, -0.1) is 5.10 Å². The molecule has 1 atom stereocenters. The van der Waals surface area contributed by atoms with Crippen molar-refractivity contribution >= 4 is 45.9 Å². The topological polar surface area (TPSA) is 175 Å². The van der Waals surface area contributed by atoms with Crippen molar-refractivity contribution in [1.29, 1.82) is 5.26 Å². The molecule has 15 heteroatoms. The highest BCUT2D eigenvalue weighted by atomic mass is 35.5. The van der Waals surface area contributed by atoms with Gasteiger partial charge in [0.15, 0.2) is 0 Å². The molecule has 4 fully saturated rings. The molecular weight excluding hydrogens is 794 g/mol. The molecule has 2 N–H and O–H groups in total. The Hall–Kier alpha value is -5.83. The maximum atomic E-state index is 13.4. The van der Waals surface area contributed by atoms with E-state index in [1.165, 1.54) is 0 Å². The van der Waals surface area contributed by atoms with Gasteiger partial charge in [-0.3, -0.25) is 24.5 Å². The SMILES string of the molecule is CC1(C)[C@H](NC(=O)c2ccc(C#CC3CCN(CC4CCN(c5ccc6c(=O)n(C7CCC(=O)NC7=O)nnc6c5)CC4)CC3)nc2)C(C)(C)[C@H]1Oc1ccc(C#N)c(Cl)c1. The van der Waals surface area contributed by atoms with Crippen LogP contribution >= 0.6 is 11.6 Å². The zero-order valence-electron chi connectivity index (χ0n) is 34.9. The van der Waals surface area contributed by atoms with E-state index in [4.69, 9.17) is 16.3 Å². The lowest BCUT2D eigenvalue weighted by Crippen LogP contribution is -2.74. The zero-order chi connectivity index (χ0) is 43.1. The van der Waals surface area contributed by atoms with Crippen molar-refractivity contribution in [3.05, 3.63) is 86.9 Å². The smallest absolute Gasteiger partial charge is 0.278 e. The fraction of sp³-hybridized carbons (Fsp3) is 0.478. The van der Waals surface area contributed by atoms with E-state index in [0.717, 1.165) is 68.8 Å². The third kappa shape index (κ3) is 8.57. The number of piperidine rings is 3. The van der Waals surface area contributed by atoms with Gasteiger partial charge < -0.3 is 19.9 Å². The fourth-order valence-corrected chi connectivity index (χ4v) is 10.2. The third-order valence-electron chi connectivity index (χ3n) is 13.1. The van der Waals surface area contributed by atoms with Gasteiger partial charge in [-0.05, 0) is 99.5 Å². The first kappa shape index (κ1) is 41.9. The molecule has 14 nitrogen and oxygen atoms in total. The number of anilines is 1. The van der Waals surface area contributed by atoms with Crippen molar-refractivity contribution in [3.63, 3.8) is 0 Å². The van der Waals surface area contributed by atoms with E-state index in [-0.39, 0.29) is 53.2 Å². The van der Waals surface area contributed by atoms with Crippen molar-refractivity contribution in [1.82, 2.24) is 35.5 Å². The maximum Gasteiger partial charge on any atom is 0.278 e. The summed E-state index contributed by atoms with van der Waals surface area (Å²) in [5, 5.41) is 23.8. The highest BCUT2D eigenvalue weighted by Crippen LogP contribution is 2.55. The second kappa shape index (κ2) is 16.9. The molecule has 0 bridgehead atoms. The van der Waals surface area contributed by atoms with Crippen molar-refractivity contribution in [2.24, 2.45) is 22.7 Å². The van der Waals surface area contributed by atoms with Gasteiger partial charge in [0.25, 0.3) is 17.4 Å². The van der Waals surface area contributed by atoms with Crippen molar-refractivity contribution < 1.29 is 19.1 Å². The monoisotopic (exact) mass is 843 g/mol. The maximum absolute atomic E-state index is 13.4. The van der Waals surface area contributed by atoms with Crippen LogP contribution in [0.25, 0.3) is 10.9 Å². The predicted octanol–water partition coefficient (Wildman–Crippen LogP) is 5.28. The number of ether oxygens (including phenoxy) is 1. The molecule has 2 aromatic carbocycles. The van der Waals surface area contributed by atoms with E-state index in [2.05, 4.69) is 81.3 Å². The highest BCUT2D eigenvalue weighted by Gasteiger charge is 2.64. The van der Waals surface area contributed by atoms with Crippen molar-refractivity contribution in [2.45, 2.75) is 84.4 Å². The molecule has 1 aliphatic carbocycles. The minimum Gasteiger partial charge on any atom is -0.489 e. The number of nitriles is 1. The van der Waals surface area contributed by atoms with Crippen molar-refractivity contribution in [3.8, 4) is 23.7 Å². The van der Waals surface area contributed by atoms with Gasteiger partial charge in [-0.1, -0.05) is 50.4 Å². The zero-order valence-corrected chi connectivity index (χ0v) is 35.7. The van der Waals surface area contributed by atoms with Crippen LogP contribution in [0.5, 0.6) is 5.75 Å². The normalized spacial score (nSPS) is 23.0. The van der Waals surface area contributed by atoms with E-state index in [1.807, 2.05) is 18.2 Å². The summed E-state index contributed by atoms with van der Waals surface area (Å²) in [6.45, 7) is 13.2. The molecule has 8 rings (SSSR count). The largest absolute Gasteiger partial charge is 0.489 e. The molecule has 316 valence electrons. The molecule has 4 aliphatic rings. The molecule has 4 aromatic rings. The van der Waals surface area contributed by atoms with Crippen LogP contribution < -0.4 is 25.8 Å². The summed E-state index contributed by atoms with van der Waals surface area (Å²) in [5.41, 5.74) is 1.87. The number of halogens is 1. The Morgan fingerprint density at radius 2 is 1.72 bits per heavy atom. The number of rotatable bonds is 8. The summed E-state index contributed by atoms with van der Waals surface area (Å²) in [5.74, 6) is 7.10. The Labute approximate surface area is 360 Å². The second-order valence-corrected chi connectivity index (χ2v) is 18.4. The van der Waals surface area contributed by atoms with E-state index in [1.54, 1.807) is 36.5 Å². The number of imide groups is 1. The number of carbonyl (C=O) groups excluding carboxylic acids is 3. The molecule has 0 radical (unpaired) electrons. The summed E-state index contributed by atoms with van der Waals surface area (Å²) in [7, 11) is 0. The van der Waals surface area contributed by atoms with Crippen LogP contribution in [-0.4, -0.2) is 87.5 Å². The molecule has 3 aliphatic heterocycles. The van der Waals surface area contributed by atoms with Crippen LogP contribution in [0.15, 0.2) is 59.5 Å². The van der Waals surface area contributed by atoms with Gasteiger partial charge in [0.05, 0.1) is 21.5 Å². The molecule has 5 heterocycles. The number of aromatic nitrogens is 4. The van der Waals surface area contributed by atoms with Crippen molar-refractivity contribution in [2.75, 3.05) is 37.6 Å². The standard InChI is InChI=1S/C46H50ClN9O5/c1-45(2)43(46(3,4)44(45)61-34-11-7-30(25-48)36(47)24-34)51-40(58)31-6-9-32(49-26-31)8-5-28-15-19-54(20-16-28)27-29-17-21-55(22-18-29)33-10-12-35-37(23-33)52-53-56(42(35)60)38-13-14-39(57)50-41(38)59/h6-7,9-12,23-24,26,28-29,38,43-44H,13-22,27H2,1-4H3,(H,51,58)(H,50,57,59)/t38?,43-,44-.